The SMILES string of the molecule is CC(CCO)Oc1ccc2cc(-c3ccccc3)ccc2c1-c1c(OC(C)CCO)ccc2cc(-c3ccccc3)ccc12. The highest BCUT2D eigenvalue weighted by Gasteiger charge is 2.22. The van der Waals surface area contributed by atoms with Crippen LogP contribution in [0, 0.1) is 0 Å². The first-order valence-corrected chi connectivity index (χ1v) is 15.4. The van der Waals surface area contributed by atoms with Gasteiger partial charge in [-0.2, -0.15) is 0 Å². The van der Waals surface area contributed by atoms with Gasteiger partial charge in [0.1, 0.15) is 11.5 Å². The summed E-state index contributed by atoms with van der Waals surface area (Å²) in [5, 5.41) is 23.6. The molecule has 44 heavy (non-hydrogen) atoms. The van der Waals surface area contributed by atoms with Crippen LogP contribution in [0.5, 0.6) is 11.5 Å². The predicted molar refractivity (Wildman–Crippen MR) is 181 cm³/mol. The van der Waals surface area contributed by atoms with E-state index >= 15 is 0 Å². The van der Waals surface area contributed by atoms with Crippen molar-refractivity contribution in [2.24, 2.45) is 0 Å². The van der Waals surface area contributed by atoms with Gasteiger partial charge in [-0.25, -0.2) is 0 Å². The van der Waals surface area contributed by atoms with Crippen LogP contribution in [0.4, 0.5) is 0 Å². The lowest BCUT2D eigenvalue weighted by molar-refractivity contribution is 0.167. The maximum atomic E-state index is 9.65. The second kappa shape index (κ2) is 13.3. The highest BCUT2D eigenvalue weighted by atomic mass is 16.5. The molecule has 6 aromatic rings. The minimum Gasteiger partial charge on any atom is -0.490 e. The average molecular weight is 583 g/mol. The van der Waals surface area contributed by atoms with E-state index in [9.17, 15) is 10.2 Å². The largest absolute Gasteiger partial charge is 0.490 e. The zero-order valence-electron chi connectivity index (χ0n) is 25.2. The Kier molecular flexibility index (Phi) is 8.92. The summed E-state index contributed by atoms with van der Waals surface area (Å²) in [5.74, 6) is 1.48. The average Bonchev–Trinajstić information content (AvgIpc) is 3.05. The lowest BCUT2D eigenvalue weighted by Gasteiger charge is -2.23. The van der Waals surface area contributed by atoms with Gasteiger partial charge in [0.25, 0.3) is 0 Å². The highest BCUT2D eigenvalue weighted by Crippen LogP contribution is 2.47. The summed E-state index contributed by atoms with van der Waals surface area (Å²) >= 11 is 0. The van der Waals surface area contributed by atoms with Gasteiger partial charge in [-0.3, -0.25) is 0 Å². The first-order chi connectivity index (χ1) is 21.6. The molecule has 0 aliphatic carbocycles. The van der Waals surface area contributed by atoms with Gasteiger partial charge in [0.05, 0.1) is 12.2 Å². The van der Waals surface area contributed by atoms with E-state index in [1.165, 1.54) is 0 Å². The summed E-state index contributed by atoms with van der Waals surface area (Å²) in [6.07, 6.45) is 0.684. The zero-order valence-corrected chi connectivity index (χ0v) is 25.2. The predicted octanol–water partition coefficient (Wildman–Crippen LogP) is 9.29. The Hall–Kier alpha value is -4.64. The second-order valence-electron chi connectivity index (χ2n) is 11.4. The van der Waals surface area contributed by atoms with Gasteiger partial charge in [0.15, 0.2) is 0 Å². The molecule has 0 fully saturated rings. The highest BCUT2D eigenvalue weighted by molar-refractivity contribution is 6.11. The first-order valence-electron chi connectivity index (χ1n) is 15.4. The number of hydrogen-bond donors (Lipinski definition) is 2. The Morgan fingerprint density at radius 3 is 1.27 bits per heavy atom. The van der Waals surface area contributed by atoms with Crippen LogP contribution in [0.2, 0.25) is 0 Å². The van der Waals surface area contributed by atoms with Gasteiger partial charge in [-0.1, -0.05) is 97.1 Å². The van der Waals surface area contributed by atoms with E-state index in [0.29, 0.717) is 12.8 Å². The molecular weight excluding hydrogens is 544 g/mol. The standard InChI is InChI=1S/C40H38O4/c1-27(21-23-41)43-37-19-15-33-25-31(29-9-5-3-6-10-29)13-17-35(33)39(37)40-36-18-14-32(30-11-7-4-8-12-30)26-34(36)16-20-38(40)44-28(2)22-24-42/h3-20,25-28,41-42H,21-24H2,1-2H3. The molecule has 6 rings (SSSR count). The fourth-order valence-electron chi connectivity index (χ4n) is 5.87. The Bertz CT molecular complexity index is 1730. The lowest BCUT2D eigenvalue weighted by atomic mass is 9.90. The van der Waals surface area contributed by atoms with Crippen molar-refractivity contribution in [3.8, 4) is 44.9 Å². The van der Waals surface area contributed by atoms with Crippen LogP contribution < -0.4 is 9.47 Å². The van der Waals surface area contributed by atoms with E-state index in [2.05, 4.69) is 97.1 Å². The smallest absolute Gasteiger partial charge is 0.128 e. The number of rotatable bonds is 11. The molecule has 6 aromatic carbocycles. The van der Waals surface area contributed by atoms with Crippen molar-refractivity contribution < 1.29 is 19.7 Å². The van der Waals surface area contributed by atoms with Crippen molar-refractivity contribution in [1.29, 1.82) is 0 Å². The third-order valence-corrected chi connectivity index (χ3v) is 8.15. The van der Waals surface area contributed by atoms with Gasteiger partial charge in [0, 0.05) is 37.2 Å². The number of aliphatic hydroxyl groups excluding tert-OH is 2. The van der Waals surface area contributed by atoms with E-state index in [-0.39, 0.29) is 25.4 Å². The number of hydrogen-bond acceptors (Lipinski definition) is 4. The van der Waals surface area contributed by atoms with Crippen molar-refractivity contribution in [1.82, 2.24) is 0 Å². The summed E-state index contributed by atoms with van der Waals surface area (Å²) in [6.45, 7) is 4.07. The minimum atomic E-state index is -0.183. The van der Waals surface area contributed by atoms with Crippen LogP contribution in [0.25, 0.3) is 54.9 Å². The van der Waals surface area contributed by atoms with E-state index in [1.807, 2.05) is 38.1 Å². The third kappa shape index (κ3) is 6.19. The van der Waals surface area contributed by atoms with E-state index in [4.69, 9.17) is 9.47 Å². The lowest BCUT2D eigenvalue weighted by Crippen LogP contribution is -2.15. The summed E-state index contributed by atoms with van der Waals surface area (Å²) in [5.41, 5.74) is 6.52. The summed E-state index contributed by atoms with van der Waals surface area (Å²) in [4.78, 5) is 0. The molecule has 0 radical (unpaired) electrons. The van der Waals surface area contributed by atoms with Gasteiger partial charge in [-0.15, -0.1) is 0 Å². The van der Waals surface area contributed by atoms with Crippen LogP contribution in [0.15, 0.2) is 121 Å². The molecule has 0 spiro atoms. The van der Waals surface area contributed by atoms with Crippen LogP contribution in [0.1, 0.15) is 26.7 Å². The van der Waals surface area contributed by atoms with Crippen molar-refractivity contribution in [3.63, 3.8) is 0 Å². The molecule has 2 unspecified atom stereocenters. The monoisotopic (exact) mass is 582 g/mol. The fraction of sp³-hybridized carbons (Fsp3) is 0.200. The van der Waals surface area contributed by atoms with Crippen molar-refractivity contribution in [3.05, 3.63) is 121 Å². The molecule has 0 bridgehead atoms. The zero-order chi connectivity index (χ0) is 30.5. The summed E-state index contributed by atoms with van der Waals surface area (Å²) < 4.78 is 13.1. The first kappa shape index (κ1) is 29.4. The second-order valence-corrected chi connectivity index (χ2v) is 11.4. The molecule has 0 saturated carbocycles. The van der Waals surface area contributed by atoms with E-state index in [0.717, 1.165) is 66.4 Å². The van der Waals surface area contributed by atoms with E-state index in [1.54, 1.807) is 0 Å². The number of ether oxygens (including phenoxy) is 2. The normalized spacial score (nSPS) is 12.7. The topological polar surface area (TPSA) is 58.9 Å². The molecule has 0 aliphatic heterocycles. The maximum absolute atomic E-state index is 9.65. The number of fused-ring (bicyclic) bond motifs is 2. The quantitative estimate of drug-likeness (QED) is 0.160. The molecule has 2 atom stereocenters. The molecular formula is C40H38O4. The van der Waals surface area contributed by atoms with Gasteiger partial charge in [0.2, 0.25) is 0 Å². The molecule has 4 nitrogen and oxygen atoms in total. The molecule has 0 aliphatic rings. The van der Waals surface area contributed by atoms with Crippen LogP contribution in [-0.2, 0) is 0 Å². The van der Waals surface area contributed by atoms with Gasteiger partial charge >= 0.3 is 0 Å². The van der Waals surface area contributed by atoms with E-state index < -0.39 is 0 Å². The fourth-order valence-corrected chi connectivity index (χ4v) is 5.87. The maximum Gasteiger partial charge on any atom is 0.128 e. The molecule has 4 heteroatoms. The Morgan fingerprint density at radius 1 is 0.477 bits per heavy atom. The Labute approximate surface area is 259 Å². The molecule has 0 saturated heterocycles. The number of benzene rings is 6. The number of aliphatic hydroxyl groups is 2. The van der Waals surface area contributed by atoms with Crippen LogP contribution in [0.3, 0.4) is 0 Å². The van der Waals surface area contributed by atoms with Crippen molar-refractivity contribution >= 4 is 21.5 Å². The van der Waals surface area contributed by atoms with Crippen molar-refractivity contribution in [2.75, 3.05) is 13.2 Å². The minimum absolute atomic E-state index is 0.0497. The molecule has 0 amide bonds. The molecule has 0 aromatic heterocycles. The summed E-state index contributed by atoms with van der Waals surface area (Å²) in [6, 6.07) is 42.2. The van der Waals surface area contributed by atoms with Crippen LogP contribution >= 0.6 is 0 Å². The van der Waals surface area contributed by atoms with Crippen molar-refractivity contribution in [2.45, 2.75) is 38.9 Å². The Morgan fingerprint density at radius 2 is 0.886 bits per heavy atom. The Balaban J connectivity index is 1.61. The molecule has 222 valence electrons. The van der Waals surface area contributed by atoms with Gasteiger partial charge < -0.3 is 19.7 Å². The molecule has 0 heterocycles. The summed E-state index contributed by atoms with van der Waals surface area (Å²) in [7, 11) is 0. The molecule has 2 N–H and O–H groups in total. The van der Waals surface area contributed by atoms with Gasteiger partial charge in [-0.05, 0) is 81.9 Å². The third-order valence-electron chi connectivity index (χ3n) is 8.15. The van der Waals surface area contributed by atoms with Crippen LogP contribution in [-0.4, -0.2) is 35.6 Å².